The SMILES string of the molecule is COc1ccc(C(=O)C[n+]2cn(CCCN3C[C@@H]4Cc5cc(OC)c(OC)cc5[C@@H]4c4cccc(OC)c43)c3cc(C)c(C)cc32)cc1.[Br-]. The molecule has 0 saturated carbocycles. The van der Waals surface area contributed by atoms with Crippen LogP contribution in [0.1, 0.15) is 50.5 Å². The summed E-state index contributed by atoms with van der Waals surface area (Å²) in [5.74, 6) is 4.00. The molecule has 9 heteroatoms. The van der Waals surface area contributed by atoms with Crippen LogP contribution in [0.15, 0.2) is 73.1 Å². The molecule has 0 bridgehead atoms. The van der Waals surface area contributed by atoms with Gasteiger partial charge in [-0.2, -0.15) is 0 Å². The van der Waals surface area contributed by atoms with Crippen LogP contribution in [-0.2, 0) is 19.5 Å². The van der Waals surface area contributed by atoms with E-state index in [0.717, 1.165) is 66.5 Å². The molecule has 0 radical (unpaired) electrons. The van der Waals surface area contributed by atoms with Gasteiger partial charge < -0.3 is 40.8 Å². The molecule has 1 aliphatic carbocycles. The third-order valence-electron chi connectivity index (χ3n) is 10.3. The average Bonchev–Trinajstić information content (AvgIpc) is 3.63. The van der Waals surface area contributed by atoms with Gasteiger partial charge in [0, 0.05) is 31.0 Å². The summed E-state index contributed by atoms with van der Waals surface area (Å²) >= 11 is 0. The van der Waals surface area contributed by atoms with Gasteiger partial charge in [0.15, 0.2) is 29.1 Å². The first-order valence-electron chi connectivity index (χ1n) is 16.7. The second kappa shape index (κ2) is 14.2. The van der Waals surface area contributed by atoms with E-state index < -0.39 is 0 Å². The molecule has 2 atom stereocenters. The van der Waals surface area contributed by atoms with Crippen LogP contribution < -0.4 is 45.4 Å². The van der Waals surface area contributed by atoms with Gasteiger partial charge >= 0.3 is 0 Å². The molecule has 256 valence electrons. The Morgan fingerprint density at radius 3 is 2.24 bits per heavy atom. The number of anilines is 1. The minimum Gasteiger partial charge on any atom is -1.00 e. The van der Waals surface area contributed by atoms with Gasteiger partial charge in [0.2, 0.25) is 12.1 Å². The monoisotopic (exact) mass is 725 g/mol. The summed E-state index contributed by atoms with van der Waals surface area (Å²) < 4.78 is 27.0. The maximum Gasteiger partial charge on any atom is 0.245 e. The topological polar surface area (TPSA) is 66.0 Å². The number of methoxy groups -OCH3 is 4. The summed E-state index contributed by atoms with van der Waals surface area (Å²) in [7, 11) is 6.79. The summed E-state index contributed by atoms with van der Waals surface area (Å²) in [6, 6.07) is 22.6. The first kappa shape index (κ1) is 34.4. The van der Waals surface area contributed by atoms with Crippen molar-refractivity contribution >= 4 is 22.5 Å². The van der Waals surface area contributed by atoms with Crippen LogP contribution in [0.5, 0.6) is 23.0 Å². The van der Waals surface area contributed by atoms with Crippen molar-refractivity contribution < 1.29 is 45.3 Å². The van der Waals surface area contributed by atoms with Gasteiger partial charge in [-0.3, -0.25) is 4.79 Å². The fourth-order valence-corrected chi connectivity index (χ4v) is 7.82. The highest BCUT2D eigenvalue weighted by molar-refractivity contribution is 5.95. The predicted molar refractivity (Wildman–Crippen MR) is 187 cm³/mol. The number of aryl methyl sites for hydroxylation is 3. The van der Waals surface area contributed by atoms with E-state index in [-0.39, 0.29) is 35.2 Å². The van der Waals surface area contributed by atoms with E-state index >= 15 is 0 Å². The number of carbonyl (C=O) groups is 1. The number of imidazole rings is 1. The lowest BCUT2D eigenvalue weighted by molar-refractivity contribution is -0.658. The molecule has 5 aromatic rings. The van der Waals surface area contributed by atoms with E-state index in [2.05, 4.69) is 76.7 Å². The zero-order valence-electron chi connectivity index (χ0n) is 29.1. The molecule has 8 nitrogen and oxygen atoms in total. The van der Waals surface area contributed by atoms with Crippen LogP contribution in [0.3, 0.4) is 0 Å². The van der Waals surface area contributed by atoms with Crippen molar-refractivity contribution in [1.29, 1.82) is 0 Å². The number of hydrogen-bond donors (Lipinski definition) is 0. The van der Waals surface area contributed by atoms with Gasteiger partial charge in [0.1, 0.15) is 11.5 Å². The Labute approximate surface area is 298 Å². The largest absolute Gasteiger partial charge is 1.00 e. The van der Waals surface area contributed by atoms with Crippen molar-refractivity contribution in [2.75, 3.05) is 46.4 Å². The molecule has 1 aliphatic heterocycles. The van der Waals surface area contributed by atoms with Crippen LogP contribution in [0.25, 0.3) is 11.0 Å². The maximum absolute atomic E-state index is 13.4. The molecule has 0 spiro atoms. The summed E-state index contributed by atoms with van der Waals surface area (Å²) in [6.07, 6.45) is 4.04. The lowest BCUT2D eigenvalue weighted by Gasteiger charge is -2.39. The Bertz CT molecular complexity index is 2000. The van der Waals surface area contributed by atoms with Gasteiger partial charge in [0.05, 0.1) is 40.7 Å². The molecular weight excluding hydrogens is 682 g/mol. The molecule has 7 rings (SSSR count). The number of ketones is 1. The Balaban J connectivity index is 0.00000417. The van der Waals surface area contributed by atoms with E-state index in [1.54, 1.807) is 28.4 Å². The van der Waals surface area contributed by atoms with E-state index in [4.69, 9.17) is 18.9 Å². The molecule has 1 aromatic heterocycles. The number of aromatic nitrogens is 2. The highest BCUT2D eigenvalue weighted by Gasteiger charge is 2.42. The van der Waals surface area contributed by atoms with Crippen LogP contribution >= 0.6 is 0 Å². The van der Waals surface area contributed by atoms with Crippen molar-refractivity contribution in [3.05, 3.63) is 106 Å². The highest BCUT2D eigenvalue weighted by Crippen LogP contribution is 2.53. The van der Waals surface area contributed by atoms with E-state index in [1.165, 1.54) is 33.5 Å². The molecule has 49 heavy (non-hydrogen) atoms. The van der Waals surface area contributed by atoms with Gasteiger partial charge in [-0.1, -0.05) is 12.1 Å². The zero-order valence-corrected chi connectivity index (χ0v) is 30.7. The fraction of sp³-hybridized carbons (Fsp3) is 0.350. The smallest absolute Gasteiger partial charge is 0.245 e. The standard InChI is InChI=1S/C40H44N3O5.BrH/c1-25-17-33-34(18-26(25)2)43(23-35(44)27-11-13-30(45-3)14-12-27)24-42(33)16-8-15-41-22-29-19-28-20-37(47-5)38(48-6)21-32(28)39(29)31-9-7-10-36(46-4)40(31)41;/h7,9-14,17-18,20-21,24,29,39H,8,15-16,19,22-23H2,1-6H3;1H/q+1;/p-1/t29-,39-;/m0./s1. The quantitative estimate of drug-likeness (QED) is 0.153. The third kappa shape index (κ3) is 6.25. The number of rotatable bonds is 11. The zero-order chi connectivity index (χ0) is 33.5. The van der Waals surface area contributed by atoms with Crippen molar-refractivity contribution in [1.82, 2.24) is 4.57 Å². The first-order valence-corrected chi connectivity index (χ1v) is 16.7. The van der Waals surface area contributed by atoms with Gasteiger partial charge in [-0.15, -0.1) is 0 Å². The summed E-state index contributed by atoms with van der Waals surface area (Å²) in [5.41, 5.74) is 10.5. The van der Waals surface area contributed by atoms with Gasteiger partial charge in [0.25, 0.3) is 0 Å². The summed E-state index contributed by atoms with van der Waals surface area (Å²) in [6.45, 7) is 7.20. The van der Waals surface area contributed by atoms with Crippen LogP contribution in [0.4, 0.5) is 5.69 Å². The van der Waals surface area contributed by atoms with E-state index in [0.29, 0.717) is 11.5 Å². The number of Topliss-reactive ketones (excluding diaryl/α,β-unsaturated/α-hetero) is 1. The molecule has 0 unspecified atom stereocenters. The third-order valence-corrected chi connectivity index (χ3v) is 10.3. The fourth-order valence-electron chi connectivity index (χ4n) is 7.82. The molecule has 0 fully saturated rings. The average molecular weight is 727 g/mol. The minimum atomic E-state index is 0. The van der Waals surface area contributed by atoms with Crippen LogP contribution in [-0.4, -0.2) is 51.9 Å². The van der Waals surface area contributed by atoms with Crippen LogP contribution in [0, 0.1) is 19.8 Å². The molecule has 0 saturated heterocycles. The number of hydrogen-bond acceptors (Lipinski definition) is 6. The normalized spacial score (nSPS) is 16.0. The molecule has 0 amide bonds. The molecule has 2 aliphatic rings. The number of halogens is 1. The van der Waals surface area contributed by atoms with Crippen LogP contribution in [0.2, 0.25) is 0 Å². The Hall–Kier alpha value is -4.50. The number of benzene rings is 4. The second-order valence-corrected chi connectivity index (χ2v) is 13.1. The number of ether oxygens (including phenoxy) is 4. The Kier molecular flexibility index (Phi) is 9.93. The molecule has 4 aromatic carbocycles. The van der Waals surface area contributed by atoms with Crippen molar-refractivity contribution in [2.24, 2.45) is 5.92 Å². The number of nitrogens with zero attached hydrogens (tertiary/aromatic N) is 3. The Morgan fingerprint density at radius 1 is 0.816 bits per heavy atom. The number of fused-ring (bicyclic) bond motifs is 6. The van der Waals surface area contributed by atoms with Crippen molar-refractivity contribution in [3.8, 4) is 23.0 Å². The van der Waals surface area contributed by atoms with Crippen molar-refractivity contribution in [3.63, 3.8) is 0 Å². The molecular formula is C40H44BrN3O5. The van der Waals surface area contributed by atoms with E-state index in [1.807, 2.05) is 24.3 Å². The summed E-state index contributed by atoms with van der Waals surface area (Å²) in [4.78, 5) is 15.9. The lowest BCUT2D eigenvalue weighted by atomic mass is 9.81. The predicted octanol–water partition coefficient (Wildman–Crippen LogP) is 3.68. The van der Waals surface area contributed by atoms with E-state index in [9.17, 15) is 4.79 Å². The maximum atomic E-state index is 13.4. The van der Waals surface area contributed by atoms with Gasteiger partial charge in [-0.25, -0.2) is 9.13 Å². The summed E-state index contributed by atoms with van der Waals surface area (Å²) in [5, 5.41) is 0. The Morgan fingerprint density at radius 2 is 1.53 bits per heavy atom. The minimum absolute atomic E-state index is 0. The lowest BCUT2D eigenvalue weighted by Crippen LogP contribution is -3.00. The van der Waals surface area contributed by atoms with Gasteiger partial charge in [-0.05, 0) is 109 Å². The molecule has 2 heterocycles. The number of para-hydroxylation sites is 1. The second-order valence-electron chi connectivity index (χ2n) is 13.1. The first-order chi connectivity index (χ1) is 23.3. The molecule has 0 N–H and O–H groups in total. The van der Waals surface area contributed by atoms with Crippen molar-refractivity contribution in [2.45, 2.75) is 45.7 Å². The number of carbonyl (C=O) groups excluding carboxylic acids is 1. The highest BCUT2D eigenvalue weighted by atomic mass is 79.9.